The lowest BCUT2D eigenvalue weighted by molar-refractivity contribution is -0.145. The van der Waals surface area contributed by atoms with Crippen LogP contribution >= 0.6 is 11.6 Å². The SMILES string of the molecule is O=C(NC1(C(=O)O)CCCCC1)c1ccc(Cl)c(S(=O)(=O)N2CCCCCC2)c1. The van der Waals surface area contributed by atoms with Crippen LogP contribution in [0.4, 0.5) is 0 Å². The Balaban J connectivity index is 1.88. The van der Waals surface area contributed by atoms with Crippen molar-refractivity contribution in [2.75, 3.05) is 13.1 Å². The smallest absolute Gasteiger partial charge is 0.329 e. The van der Waals surface area contributed by atoms with Gasteiger partial charge in [-0.2, -0.15) is 4.31 Å². The van der Waals surface area contributed by atoms with E-state index in [0.29, 0.717) is 25.9 Å². The number of amides is 1. The first kappa shape index (κ1) is 22.1. The van der Waals surface area contributed by atoms with E-state index in [9.17, 15) is 23.1 Å². The van der Waals surface area contributed by atoms with Gasteiger partial charge >= 0.3 is 5.97 Å². The fraction of sp³-hybridized carbons (Fsp3) is 0.600. The first-order chi connectivity index (χ1) is 13.8. The van der Waals surface area contributed by atoms with Crippen LogP contribution in [0.25, 0.3) is 0 Å². The maximum Gasteiger partial charge on any atom is 0.329 e. The molecule has 9 heteroatoms. The first-order valence-corrected chi connectivity index (χ1v) is 11.9. The molecule has 1 heterocycles. The third kappa shape index (κ3) is 4.75. The summed E-state index contributed by atoms with van der Waals surface area (Å²) >= 11 is 6.18. The highest BCUT2D eigenvalue weighted by atomic mass is 35.5. The van der Waals surface area contributed by atoms with Crippen molar-refractivity contribution in [3.05, 3.63) is 28.8 Å². The number of rotatable bonds is 5. The maximum atomic E-state index is 13.1. The number of benzene rings is 1. The number of hydrogen-bond acceptors (Lipinski definition) is 4. The van der Waals surface area contributed by atoms with Crippen molar-refractivity contribution in [3.63, 3.8) is 0 Å². The van der Waals surface area contributed by atoms with Gasteiger partial charge in [0.15, 0.2) is 0 Å². The topological polar surface area (TPSA) is 104 Å². The number of hydrogen-bond donors (Lipinski definition) is 2. The van der Waals surface area contributed by atoms with Gasteiger partial charge in [0.1, 0.15) is 10.4 Å². The minimum Gasteiger partial charge on any atom is -0.480 e. The van der Waals surface area contributed by atoms with E-state index in [1.54, 1.807) is 0 Å². The Morgan fingerprint density at radius 2 is 1.59 bits per heavy atom. The van der Waals surface area contributed by atoms with Crippen molar-refractivity contribution < 1.29 is 23.1 Å². The predicted octanol–water partition coefficient (Wildman–Crippen LogP) is 3.42. The summed E-state index contributed by atoms with van der Waals surface area (Å²) in [6.07, 6.45) is 6.66. The number of carbonyl (C=O) groups is 2. The minimum absolute atomic E-state index is 0.0522. The lowest BCUT2D eigenvalue weighted by atomic mass is 9.81. The Hall–Kier alpha value is -1.64. The lowest BCUT2D eigenvalue weighted by Crippen LogP contribution is -2.55. The van der Waals surface area contributed by atoms with Crippen LogP contribution in [0, 0.1) is 0 Å². The molecular weight excluding hydrogens is 416 g/mol. The van der Waals surface area contributed by atoms with Crippen LogP contribution in [0.1, 0.15) is 68.1 Å². The van der Waals surface area contributed by atoms with Gasteiger partial charge in [0, 0.05) is 18.7 Å². The molecule has 1 aromatic carbocycles. The van der Waals surface area contributed by atoms with E-state index in [-0.39, 0.29) is 15.5 Å². The molecule has 7 nitrogen and oxygen atoms in total. The Kier molecular flexibility index (Phi) is 6.86. The van der Waals surface area contributed by atoms with Gasteiger partial charge in [-0.25, -0.2) is 13.2 Å². The third-order valence-electron chi connectivity index (χ3n) is 5.85. The molecule has 0 aromatic heterocycles. The highest BCUT2D eigenvalue weighted by molar-refractivity contribution is 7.89. The van der Waals surface area contributed by atoms with Gasteiger partial charge < -0.3 is 10.4 Å². The summed E-state index contributed by atoms with van der Waals surface area (Å²) in [6, 6.07) is 4.07. The number of aliphatic carboxylic acids is 1. The Labute approximate surface area is 176 Å². The fourth-order valence-corrected chi connectivity index (χ4v) is 6.12. The molecule has 1 aliphatic heterocycles. The summed E-state index contributed by atoms with van der Waals surface area (Å²) in [4.78, 5) is 24.5. The summed E-state index contributed by atoms with van der Waals surface area (Å²) in [5.74, 6) is -1.66. The van der Waals surface area contributed by atoms with Gasteiger partial charge in [0.25, 0.3) is 5.91 Å². The van der Waals surface area contributed by atoms with Crippen LogP contribution in [0.15, 0.2) is 23.1 Å². The molecule has 1 saturated heterocycles. The molecule has 0 atom stereocenters. The second-order valence-corrected chi connectivity index (χ2v) is 10.2. The fourth-order valence-electron chi connectivity index (χ4n) is 4.10. The highest BCUT2D eigenvalue weighted by Crippen LogP contribution is 2.30. The lowest BCUT2D eigenvalue weighted by Gasteiger charge is -2.34. The number of carboxylic acids is 1. The quantitative estimate of drug-likeness (QED) is 0.727. The van der Waals surface area contributed by atoms with Crippen LogP contribution in [0.5, 0.6) is 0 Å². The summed E-state index contributed by atoms with van der Waals surface area (Å²) < 4.78 is 27.6. The number of sulfonamides is 1. The standard InChI is InChI=1S/C20H27ClN2O5S/c21-16-9-8-15(18(24)22-20(19(25)26)10-4-3-5-11-20)14-17(16)29(27,28)23-12-6-1-2-7-13-23/h8-9,14H,1-7,10-13H2,(H,22,24)(H,25,26). The van der Waals surface area contributed by atoms with Crippen molar-refractivity contribution in [3.8, 4) is 0 Å². The Bertz CT molecular complexity index is 873. The van der Waals surface area contributed by atoms with E-state index in [1.165, 1.54) is 22.5 Å². The molecular formula is C20H27ClN2O5S. The van der Waals surface area contributed by atoms with Crippen LogP contribution in [0.3, 0.4) is 0 Å². The monoisotopic (exact) mass is 442 g/mol. The van der Waals surface area contributed by atoms with E-state index < -0.39 is 27.4 Å². The van der Waals surface area contributed by atoms with Crippen LogP contribution in [-0.4, -0.2) is 48.3 Å². The number of carbonyl (C=O) groups excluding carboxylic acids is 1. The van der Waals surface area contributed by atoms with Gasteiger partial charge in [-0.3, -0.25) is 4.79 Å². The van der Waals surface area contributed by atoms with Crippen molar-refractivity contribution in [1.29, 1.82) is 0 Å². The number of halogens is 1. The van der Waals surface area contributed by atoms with Crippen LogP contribution < -0.4 is 5.32 Å². The summed E-state index contributed by atoms with van der Waals surface area (Å²) in [5.41, 5.74) is -1.22. The summed E-state index contributed by atoms with van der Waals surface area (Å²) in [6.45, 7) is 0.856. The van der Waals surface area contributed by atoms with Gasteiger partial charge in [-0.05, 0) is 43.9 Å². The zero-order valence-electron chi connectivity index (χ0n) is 16.3. The molecule has 1 aromatic rings. The normalized spacial score (nSPS) is 20.6. The van der Waals surface area contributed by atoms with Gasteiger partial charge in [0.2, 0.25) is 10.0 Å². The van der Waals surface area contributed by atoms with E-state index in [4.69, 9.17) is 11.6 Å². The van der Waals surface area contributed by atoms with Crippen molar-refractivity contribution in [2.24, 2.45) is 0 Å². The second kappa shape index (κ2) is 9.02. The molecule has 2 aliphatic rings. The molecule has 2 fully saturated rings. The zero-order valence-corrected chi connectivity index (χ0v) is 17.9. The van der Waals surface area contributed by atoms with Crippen LogP contribution in [-0.2, 0) is 14.8 Å². The van der Waals surface area contributed by atoms with E-state index in [2.05, 4.69) is 5.32 Å². The van der Waals surface area contributed by atoms with Crippen molar-refractivity contribution >= 4 is 33.5 Å². The van der Waals surface area contributed by atoms with E-state index >= 15 is 0 Å². The van der Waals surface area contributed by atoms with Crippen molar-refractivity contribution in [1.82, 2.24) is 9.62 Å². The molecule has 29 heavy (non-hydrogen) atoms. The third-order valence-corrected chi connectivity index (χ3v) is 8.23. The molecule has 160 valence electrons. The zero-order chi connectivity index (χ0) is 21.1. The average Bonchev–Trinajstić information content (AvgIpc) is 2.99. The van der Waals surface area contributed by atoms with Gasteiger partial charge in [-0.1, -0.05) is 43.7 Å². The summed E-state index contributed by atoms with van der Waals surface area (Å²) in [5, 5.41) is 12.4. The molecule has 1 amide bonds. The van der Waals surface area contributed by atoms with Crippen LogP contribution in [0.2, 0.25) is 5.02 Å². The number of carboxylic acid groups (broad SMARTS) is 1. The largest absolute Gasteiger partial charge is 0.480 e. The minimum atomic E-state index is -3.83. The molecule has 0 spiro atoms. The Morgan fingerprint density at radius 3 is 2.17 bits per heavy atom. The molecule has 0 bridgehead atoms. The number of nitrogens with one attached hydrogen (secondary N) is 1. The molecule has 1 aliphatic carbocycles. The molecule has 0 radical (unpaired) electrons. The second-order valence-electron chi connectivity index (χ2n) is 7.87. The van der Waals surface area contributed by atoms with E-state index in [0.717, 1.165) is 44.9 Å². The average molecular weight is 443 g/mol. The van der Waals surface area contributed by atoms with E-state index in [1.807, 2.05) is 0 Å². The number of nitrogens with zero attached hydrogens (tertiary/aromatic N) is 1. The van der Waals surface area contributed by atoms with Crippen molar-refractivity contribution in [2.45, 2.75) is 68.2 Å². The first-order valence-electron chi connectivity index (χ1n) is 10.1. The summed E-state index contributed by atoms with van der Waals surface area (Å²) in [7, 11) is -3.83. The maximum absolute atomic E-state index is 13.1. The predicted molar refractivity (Wildman–Crippen MR) is 110 cm³/mol. The van der Waals surface area contributed by atoms with Gasteiger partial charge in [-0.15, -0.1) is 0 Å². The molecule has 3 rings (SSSR count). The molecule has 0 unspecified atom stereocenters. The highest BCUT2D eigenvalue weighted by Gasteiger charge is 2.41. The molecule has 1 saturated carbocycles. The van der Waals surface area contributed by atoms with Gasteiger partial charge in [0.05, 0.1) is 5.02 Å². The molecule has 2 N–H and O–H groups in total. The Morgan fingerprint density at radius 1 is 1.00 bits per heavy atom.